The number of ether oxygens (including phenoxy) is 2. The second-order valence-corrected chi connectivity index (χ2v) is 10.4. The maximum Gasteiger partial charge on any atom is 0.508 e. The largest absolute Gasteiger partial charge is 0.508 e. The molecule has 26 heavy (non-hydrogen) atoms. The zero-order chi connectivity index (χ0) is 20.1. The van der Waals surface area contributed by atoms with Crippen molar-refractivity contribution in [2.45, 2.75) is 115 Å². The lowest BCUT2D eigenvalue weighted by molar-refractivity contribution is -0.695. The van der Waals surface area contributed by atoms with Crippen molar-refractivity contribution in [3.63, 3.8) is 0 Å². The van der Waals surface area contributed by atoms with Gasteiger partial charge in [-0.1, -0.05) is 0 Å². The molecule has 0 aliphatic carbocycles. The number of hydrogen-bond donors (Lipinski definition) is 0. The van der Waals surface area contributed by atoms with E-state index in [0.717, 1.165) is 9.52 Å². The fraction of sp³-hybridized carbons (Fsp3) is 0.947. The van der Waals surface area contributed by atoms with E-state index in [-0.39, 0.29) is 12.2 Å². The van der Waals surface area contributed by atoms with Crippen LogP contribution in [-0.2, 0) is 9.47 Å². The summed E-state index contributed by atoms with van der Waals surface area (Å²) < 4.78 is 13.3. The van der Waals surface area contributed by atoms with Gasteiger partial charge in [0.15, 0.2) is 0 Å². The molecule has 0 aromatic carbocycles. The van der Waals surface area contributed by atoms with Crippen LogP contribution in [0.1, 0.15) is 81.1 Å². The summed E-state index contributed by atoms with van der Waals surface area (Å²) in [4.78, 5) is 37.2. The van der Waals surface area contributed by atoms with Gasteiger partial charge in [0, 0.05) is 74.7 Å². The second kappa shape index (κ2) is 6.27. The Balaban J connectivity index is 2.01. The number of carbonyl (C=O) groups is 1. The van der Waals surface area contributed by atoms with Gasteiger partial charge >= 0.3 is 6.16 Å². The van der Waals surface area contributed by atoms with Gasteiger partial charge in [-0.05, 0) is 0 Å². The Morgan fingerprint density at radius 2 is 0.885 bits per heavy atom. The van der Waals surface area contributed by atoms with Gasteiger partial charge in [-0.15, -0.1) is 0 Å². The van der Waals surface area contributed by atoms with Crippen LogP contribution in [0.4, 0.5) is 4.79 Å². The topological polar surface area (TPSA) is 75.7 Å². The van der Waals surface area contributed by atoms with Crippen molar-refractivity contribution in [1.29, 1.82) is 0 Å². The highest BCUT2D eigenvalue weighted by Gasteiger charge is 2.56. The molecule has 2 aliphatic heterocycles. The summed E-state index contributed by atoms with van der Waals surface area (Å²) in [6.07, 6.45) is 0.417. The molecular weight excluding hydrogens is 336 g/mol. The highest BCUT2D eigenvalue weighted by Crippen LogP contribution is 2.38. The molecule has 148 valence electrons. The van der Waals surface area contributed by atoms with Gasteiger partial charge in [-0.3, -0.25) is 0 Å². The molecule has 2 heterocycles. The first kappa shape index (κ1) is 20.8. The highest BCUT2D eigenvalue weighted by atomic mass is 16.7. The van der Waals surface area contributed by atoms with E-state index in [1.165, 1.54) is 0 Å². The van der Waals surface area contributed by atoms with Crippen LogP contribution in [0.25, 0.3) is 0 Å². The molecule has 7 heteroatoms. The normalized spacial score (nSPS) is 27.8. The summed E-state index contributed by atoms with van der Waals surface area (Å²) in [7, 11) is 0. The lowest BCUT2D eigenvalue weighted by atomic mass is 9.80. The minimum atomic E-state index is -0.711. The first-order valence-corrected chi connectivity index (χ1v) is 9.39. The maximum atomic E-state index is 12.4. The van der Waals surface area contributed by atoms with Gasteiger partial charge in [-0.2, -0.15) is 0 Å². The molecule has 0 saturated carbocycles. The van der Waals surface area contributed by atoms with Crippen LogP contribution < -0.4 is 0 Å². The van der Waals surface area contributed by atoms with Crippen LogP contribution in [0, 0.1) is 9.81 Å². The van der Waals surface area contributed by atoms with Crippen molar-refractivity contribution in [2.24, 2.45) is 0 Å². The van der Waals surface area contributed by atoms with Crippen LogP contribution in [0.15, 0.2) is 0 Å². The van der Waals surface area contributed by atoms with Crippen LogP contribution in [-0.4, -0.2) is 50.0 Å². The van der Waals surface area contributed by atoms with Gasteiger partial charge in [-0.25, -0.2) is 4.79 Å². The molecule has 0 spiro atoms. The lowest BCUT2D eigenvalue weighted by Crippen LogP contribution is -2.57. The third-order valence-electron chi connectivity index (χ3n) is 5.63. The number of carbonyl (C=O) groups excluding carboxylic acids is 1. The number of piperidine rings is 2. The second-order valence-electron chi connectivity index (χ2n) is 10.4. The molecule has 0 atom stereocenters. The van der Waals surface area contributed by atoms with Gasteiger partial charge < -0.3 is 9.47 Å². The molecule has 0 aromatic heterocycles. The molecule has 2 aliphatic rings. The minimum absolute atomic E-state index is 0.363. The summed E-state index contributed by atoms with van der Waals surface area (Å²) in [5.41, 5.74) is -2.43. The predicted molar refractivity (Wildman–Crippen MR) is 97.2 cm³/mol. The minimum Gasteiger partial charge on any atom is -0.430 e. The molecular formula is C19H34N2O5+2. The van der Waals surface area contributed by atoms with Gasteiger partial charge in [0.2, 0.25) is 22.2 Å². The standard InChI is InChI=1S/C19H34N2O5/c1-16(2)9-13(10-17(3,4)20(16)23)25-15(22)26-14-11-18(5,6)21(24)19(7,8)12-14/h13-14H,9-12H2,1-8H3/q+2. The van der Waals surface area contributed by atoms with E-state index < -0.39 is 28.3 Å². The van der Waals surface area contributed by atoms with Crippen LogP contribution in [0.2, 0.25) is 0 Å². The SMILES string of the molecule is CC1(C)CC(OC(=O)OC2CC(C)(C)[N+](=O)C(C)(C)C2)CC(C)(C)[N+]1=O. The molecule has 7 nitrogen and oxygen atoms in total. The van der Waals surface area contributed by atoms with Crippen molar-refractivity contribution in [1.82, 2.24) is 0 Å². The number of nitroso groups, excluding NO2 is 2. The van der Waals surface area contributed by atoms with Gasteiger partial charge in [0.1, 0.15) is 12.2 Å². The van der Waals surface area contributed by atoms with Gasteiger partial charge in [0.05, 0.1) is 25.7 Å². The van der Waals surface area contributed by atoms with Crippen molar-refractivity contribution in [3.8, 4) is 0 Å². The Labute approximate surface area is 155 Å². The fourth-order valence-corrected chi connectivity index (χ4v) is 4.81. The summed E-state index contributed by atoms with van der Waals surface area (Å²) in [5.74, 6) is 0. The zero-order valence-corrected chi connectivity index (χ0v) is 17.4. The maximum absolute atomic E-state index is 12.4. The van der Waals surface area contributed by atoms with Crippen molar-refractivity contribution >= 4 is 6.16 Å². The number of hydrogen-bond acceptors (Lipinski definition) is 5. The average Bonchev–Trinajstić information content (AvgIpc) is 2.40. The Hall–Kier alpha value is -1.53. The summed E-state index contributed by atoms with van der Waals surface area (Å²) in [6, 6.07) is 0. The van der Waals surface area contributed by atoms with Crippen molar-refractivity contribution in [3.05, 3.63) is 9.81 Å². The van der Waals surface area contributed by atoms with Crippen LogP contribution >= 0.6 is 0 Å². The van der Waals surface area contributed by atoms with Crippen LogP contribution in [0.3, 0.4) is 0 Å². The molecule has 0 amide bonds. The third-order valence-corrected chi connectivity index (χ3v) is 5.63. The Bertz CT molecular complexity index is 529. The van der Waals surface area contributed by atoms with E-state index in [1.54, 1.807) is 0 Å². The number of nitrogens with zero attached hydrogens (tertiary/aromatic N) is 2. The molecule has 2 fully saturated rings. The Kier molecular flexibility index (Phi) is 5.01. The van der Waals surface area contributed by atoms with Crippen molar-refractivity contribution < 1.29 is 23.8 Å². The zero-order valence-electron chi connectivity index (χ0n) is 17.4. The molecule has 0 aromatic rings. The predicted octanol–water partition coefficient (Wildman–Crippen LogP) is 4.14. The van der Waals surface area contributed by atoms with E-state index in [4.69, 9.17) is 9.47 Å². The quantitative estimate of drug-likeness (QED) is 0.539. The monoisotopic (exact) mass is 370 g/mol. The summed E-state index contributed by atoms with van der Waals surface area (Å²) >= 11 is 0. The van der Waals surface area contributed by atoms with E-state index in [0.29, 0.717) is 25.7 Å². The third kappa shape index (κ3) is 4.07. The summed E-state index contributed by atoms with van der Waals surface area (Å²) in [5, 5.41) is 0. The lowest BCUT2D eigenvalue weighted by Gasteiger charge is -2.37. The fourth-order valence-electron chi connectivity index (χ4n) is 4.81. The Morgan fingerprint density at radius 3 is 1.12 bits per heavy atom. The molecule has 0 bridgehead atoms. The van der Waals surface area contributed by atoms with E-state index >= 15 is 0 Å². The molecule has 2 rings (SSSR count). The molecule has 0 radical (unpaired) electrons. The van der Waals surface area contributed by atoms with Crippen LogP contribution in [0.5, 0.6) is 0 Å². The van der Waals surface area contributed by atoms with Gasteiger partial charge in [0.25, 0.3) is 0 Å². The summed E-state index contributed by atoms with van der Waals surface area (Å²) in [6.45, 7) is 14.9. The van der Waals surface area contributed by atoms with E-state index in [1.807, 2.05) is 55.4 Å². The highest BCUT2D eigenvalue weighted by molar-refractivity contribution is 5.60. The smallest absolute Gasteiger partial charge is 0.430 e. The average molecular weight is 370 g/mol. The number of rotatable bonds is 2. The Morgan fingerprint density at radius 1 is 0.654 bits per heavy atom. The van der Waals surface area contributed by atoms with E-state index in [2.05, 4.69) is 0 Å². The first-order chi connectivity index (χ1) is 11.6. The van der Waals surface area contributed by atoms with E-state index in [9.17, 15) is 14.6 Å². The molecule has 0 N–H and O–H groups in total. The molecule has 0 unspecified atom stereocenters. The molecule has 2 saturated heterocycles. The van der Waals surface area contributed by atoms with Crippen molar-refractivity contribution in [2.75, 3.05) is 0 Å². The first-order valence-electron chi connectivity index (χ1n) is 9.39.